The molecule has 0 bridgehead atoms. The molecular formula is C66H80N16O8. The van der Waals surface area contributed by atoms with Crippen molar-refractivity contribution in [3.05, 3.63) is 120 Å². The van der Waals surface area contributed by atoms with E-state index in [1.165, 1.54) is 0 Å². The fraction of sp³-hybridized carbons (Fsp3) is 0.379. The molecule has 0 unspecified atom stereocenters. The molecule has 3 aliphatic rings. The number of aryl methyl sites for hydroxylation is 4. The molecule has 472 valence electrons. The molecule has 0 radical (unpaired) electrons. The van der Waals surface area contributed by atoms with Crippen LogP contribution in [-0.2, 0) is 14.4 Å². The van der Waals surface area contributed by atoms with Crippen molar-refractivity contribution in [3.8, 4) is 62.7 Å². The Morgan fingerprint density at radius 2 is 0.922 bits per heavy atom. The van der Waals surface area contributed by atoms with Crippen molar-refractivity contribution in [2.24, 2.45) is 0 Å². The van der Waals surface area contributed by atoms with E-state index in [1.807, 2.05) is 109 Å². The van der Waals surface area contributed by atoms with Gasteiger partial charge in [-0.05, 0) is 115 Å². The van der Waals surface area contributed by atoms with Crippen LogP contribution in [0.2, 0.25) is 0 Å². The average molecular weight is 1230 g/mol. The third-order valence-electron chi connectivity index (χ3n) is 16.1. The van der Waals surface area contributed by atoms with Crippen LogP contribution in [0.15, 0.2) is 97.3 Å². The zero-order valence-electron chi connectivity index (χ0n) is 53.5. The van der Waals surface area contributed by atoms with Gasteiger partial charge < -0.3 is 59.7 Å². The van der Waals surface area contributed by atoms with E-state index in [0.717, 1.165) is 154 Å². The summed E-state index contributed by atoms with van der Waals surface area (Å²) in [5.41, 5.74) is 16.5. The second-order valence-electron chi connectivity index (χ2n) is 22.8. The molecule has 4 N–H and O–H groups in total. The highest BCUT2D eigenvalue weighted by atomic mass is 16.5. The summed E-state index contributed by atoms with van der Waals surface area (Å²) in [5.74, 6) is 3.12. The molecule has 24 heteroatoms. The van der Waals surface area contributed by atoms with E-state index in [2.05, 4.69) is 70.9 Å². The van der Waals surface area contributed by atoms with Crippen LogP contribution in [0.1, 0.15) is 69.7 Å². The van der Waals surface area contributed by atoms with Crippen molar-refractivity contribution in [1.29, 1.82) is 0 Å². The van der Waals surface area contributed by atoms with Crippen LogP contribution in [-0.4, -0.2) is 154 Å². The lowest BCUT2D eigenvalue weighted by Crippen LogP contribution is -2.35. The highest BCUT2D eigenvalue weighted by Gasteiger charge is 2.31. The molecule has 12 rings (SSSR count). The van der Waals surface area contributed by atoms with E-state index in [9.17, 15) is 14.4 Å². The molecule has 3 fully saturated rings. The molecule has 3 aliphatic heterocycles. The first-order chi connectivity index (χ1) is 43.3. The van der Waals surface area contributed by atoms with Crippen molar-refractivity contribution in [3.63, 3.8) is 0 Å². The van der Waals surface area contributed by atoms with E-state index in [1.54, 1.807) is 62.5 Å². The number of imidazole rings is 3. The summed E-state index contributed by atoms with van der Waals surface area (Å²) < 4.78 is 32.8. The largest absolute Gasteiger partial charge is 0.493 e. The predicted octanol–water partition coefficient (Wildman–Crippen LogP) is 8.56. The van der Waals surface area contributed by atoms with E-state index in [-0.39, 0.29) is 35.8 Å². The van der Waals surface area contributed by atoms with Gasteiger partial charge in [-0.15, -0.1) is 5.10 Å². The van der Waals surface area contributed by atoms with Crippen molar-refractivity contribution in [1.82, 2.24) is 59.7 Å². The normalized spacial score (nSPS) is 16.1. The third-order valence-corrected chi connectivity index (χ3v) is 16.1. The molecule has 0 spiro atoms. The van der Waals surface area contributed by atoms with Crippen molar-refractivity contribution >= 4 is 57.4 Å². The number of amides is 3. The first-order valence-electron chi connectivity index (χ1n) is 30.0. The van der Waals surface area contributed by atoms with Gasteiger partial charge in [-0.3, -0.25) is 14.4 Å². The van der Waals surface area contributed by atoms with E-state index < -0.39 is 0 Å². The monoisotopic (exact) mass is 1220 g/mol. The van der Waals surface area contributed by atoms with Gasteiger partial charge >= 0.3 is 0 Å². The number of allylic oxidation sites excluding steroid dienone is 1. The molecule has 0 aliphatic carbocycles. The Balaban J connectivity index is 0.000000149. The number of nitrogens with zero attached hydrogens (tertiary/aromatic N) is 12. The number of anilines is 4. The second kappa shape index (κ2) is 27.1. The summed E-state index contributed by atoms with van der Waals surface area (Å²) in [6, 6.07) is 26.2. The van der Waals surface area contributed by atoms with E-state index >= 15 is 0 Å². The highest BCUT2D eigenvalue weighted by molar-refractivity contribution is 5.81. The third kappa shape index (κ3) is 13.5. The molecule has 3 aromatic carbocycles. The summed E-state index contributed by atoms with van der Waals surface area (Å²) in [6.45, 7) is 23.3. The molecule has 3 saturated heterocycles. The molecule has 3 atom stereocenters. The summed E-state index contributed by atoms with van der Waals surface area (Å²) in [6.07, 6.45) is 4.50. The standard InChI is InChI=1S/C23H28N6O.C22H27N5O4.C21H25N5O3/c1-14(2)24-19-8-6-7-18(12-19)22-16(4)25-23-21(11-15(3)27-29(22)23)28-10-9-20(13-28)26-17(5)30;1-13-21(15-6-7-18(29-3)19(10-15)30-4)27-22(23-13)17(11-20(25-27)31-5)26-9-8-16(12-26)24-14(2)28;1-13-20(15-5-6-18(28-3)19(11-15)29-4)26-21(23-13)17(7-9-22-26)25-10-8-16(12-25)24-14(2)27/h6-8,11-12,20,24H,1,9-10,13H2,2-5H3,(H,26,30);6-7,10-11,16H,8-9,12H2,1-5H3,(H,24,28);5-7,9,11,16H,8,10,12H2,1-4H3,(H,24,27)/t20-;2*16-/m111/s1. The first-order valence-corrected chi connectivity index (χ1v) is 30.0. The number of rotatable bonds is 16. The Morgan fingerprint density at radius 1 is 0.489 bits per heavy atom. The van der Waals surface area contributed by atoms with Crippen molar-refractivity contribution in [2.75, 3.05) is 94.8 Å². The first kappa shape index (κ1) is 62.9. The van der Waals surface area contributed by atoms with Crippen molar-refractivity contribution < 1.29 is 38.1 Å². The number of fused-ring (bicyclic) bond motifs is 3. The molecule has 9 aromatic rings. The van der Waals surface area contributed by atoms with Gasteiger partial charge in [-0.25, -0.2) is 28.5 Å². The van der Waals surface area contributed by atoms with Gasteiger partial charge in [-0.2, -0.15) is 10.2 Å². The number of carbonyl (C=O) groups excluding carboxylic acids is 3. The minimum Gasteiger partial charge on any atom is -0.493 e. The van der Waals surface area contributed by atoms with Crippen LogP contribution in [0.3, 0.4) is 0 Å². The lowest BCUT2D eigenvalue weighted by Gasteiger charge is -2.20. The van der Waals surface area contributed by atoms with Gasteiger partial charge in [0.2, 0.25) is 23.6 Å². The van der Waals surface area contributed by atoms with E-state index in [4.69, 9.17) is 43.7 Å². The van der Waals surface area contributed by atoms with Crippen LogP contribution < -0.4 is 59.7 Å². The quantitative estimate of drug-likeness (QED) is 0.0708. The van der Waals surface area contributed by atoms with Gasteiger partial charge in [0.05, 0.1) is 98.7 Å². The average Bonchev–Trinajstić information content (AvgIpc) is 1.62. The summed E-state index contributed by atoms with van der Waals surface area (Å²) >= 11 is 0. The van der Waals surface area contributed by atoms with Crippen LogP contribution in [0.4, 0.5) is 22.7 Å². The fourth-order valence-electron chi connectivity index (χ4n) is 12.3. The van der Waals surface area contributed by atoms with Crippen LogP contribution >= 0.6 is 0 Å². The number of hydrogen-bond acceptors (Lipinski definition) is 18. The smallest absolute Gasteiger partial charge is 0.233 e. The zero-order chi connectivity index (χ0) is 64.1. The summed E-state index contributed by atoms with van der Waals surface area (Å²) in [4.78, 5) is 55.6. The molecular weight excluding hydrogens is 1140 g/mol. The van der Waals surface area contributed by atoms with Gasteiger partial charge in [0, 0.05) is 112 Å². The number of ether oxygens (including phenoxy) is 5. The Labute approximate surface area is 523 Å². The number of aromatic nitrogens is 9. The summed E-state index contributed by atoms with van der Waals surface area (Å²) in [7, 11) is 8.07. The Bertz CT molecular complexity index is 4160. The predicted molar refractivity (Wildman–Crippen MR) is 349 cm³/mol. The van der Waals surface area contributed by atoms with Gasteiger partial charge in [0.25, 0.3) is 0 Å². The maximum absolute atomic E-state index is 11.5. The fourth-order valence-corrected chi connectivity index (χ4v) is 12.3. The van der Waals surface area contributed by atoms with Gasteiger partial charge in [0.1, 0.15) is 0 Å². The number of hydrogen-bond donors (Lipinski definition) is 4. The Morgan fingerprint density at radius 3 is 1.38 bits per heavy atom. The number of methoxy groups -OCH3 is 5. The van der Waals surface area contributed by atoms with E-state index in [0.29, 0.717) is 35.4 Å². The van der Waals surface area contributed by atoms with Gasteiger partial charge in [0.15, 0.2) is 39.9 Å². The Kier molecular flexibility index (Phi) is 18.9. The van der Waals surface area contributed by atoms with Crippen LogP contribution in [0.25, 0.3) is 50.7 Å². The Hall–Kier alpha value is -10.1. The van der Waals surface area contributed by atoms with Gasteiger partial charge in [-0.1, -0.05) is 18.7 Å². The molecule has 6 aromatic heterocycles. The lowest BCUT2D eigenvalue weighted by atomic mass is 10.1. The molecule has 90 heavy (non-hydrogen) atoms. The van der Waals surface area contributed by atoms with Crippen LogP contribution in [0.5, 0.6) is 28.9 Å². The minimum atomic E-state index is -0.0169. The van der Waals surface area contributed by atoms with Crippen LogP contribution in [0, 0.1) is 27.7 Å². The SMILES string of the molecule is C=C(C)Nc1cccc(-c2c(C)nc3c(N4CC[C@@H](NC(C)=O)C4)cc(C)nn23)c1.COc1cc(N2CC[C@@H](NC(C)=O)C2)c2nc(C)c(-c3ccc(OC)c(OC)c3)n2n1.COc1ccc(-c2c(C)nc3c(N4CC[C@@H](NC(C)=O)C4)ccnn23)cc1OC. The molecule has 0 saturated carbocycles. The number of benzene rings is 3. The molecule has 24 nitrogen and oxygen atoms in total. The lowest BCUT2D eigenvalue weighted by molar-refractivity contribution is -0.120. The topological polar surface area (TPSA) is 246 Å². The zero-order valence-corrected chi connectivity index (χ0v) is 53.5. The van der Waals surface area contributed by atoms with Crippen molar-refractivity contribution in [2.45, 2.75) is 92.8 Å². The molecule has 9 heterocycles. The number of carbonyl (C=O) groups is 3. The minimum absolute atomic E-state index is 0.00381. The maximum atomic E-state index is 11.5. The maximum Gasteiger partial charge on any atom is 0.233 e. The molecule has 3 amide bonds. The summed E-state index contributed by atoms with van der Waals surface area (Å²) in [5, 5.41) is 26.3. The number of nitrogens with one attached hydrogen (secondary N) is 4. The highest BCUT2D eigenvalue weighted by Crippen LogP contribution is 2.39. The second-order valence-corrected chi connectivity index (χ2v) is 22.8.